The van der Waals surface area contributed by atoms with Crippen LogP contribution in [0.4, 0.5) is 5.69 Å². The number of likely N-dealkylation sites (N-methyl/N-ethyl adjacent to an activating group) is 2. The Kier molecular flexibility index (Phi) is 16.4. The second-order valence-corrected chi connectivity index (χ2v) is 19.8. The van der Waals surface area contributed by atoms with Crippen LogP contribution in [0.2, 0.25) is 0 Å². The summed E-state index contributed by atoms with van der Waals surface area (Å²) in [5.41, 5.74) is 9.86. The molecule has 17 heteroatoms. The molecule has 1 saturated heterocycles. The van der Waals surface area contributed by atoms with Crippen molar-refractivity contribution in [2.24, 2.45) is 11.3 Å². The number of rotatable bonds is 13. The number of pyridine rings is 2. The topological polar surface area (TPSA) is 201 Å². The van der Waals surface area contributed by atoms with E-state index in [9.17, 15) is 29.1 Å². The minimum absolute atomic E-state index is 0.0274. The zero-order chi connectivity index (χ0) is 51.1. The van der Waals surface area contributed by atoms with E-state index < -0.39 is 53.1 Å². The van der Waals surface area contributed by atoms with E-state index >= 15 is 0 Å². The summed E-state index contributed by atoms with van der Waals surface area (Å²) in [6, 6.07) is 15.3. The van der Waals surface area contributed by atoms with Crippen LogP contribution in [-0.2, 0) is 54.6 Å². The highest BCUT2D eigenvalue weighted by molar-refractivity contribution is 6.00. The molecule has 0 radical (unpaired) electrons. The number of methoxy groups -OCH3 is 1. The third-order valence-electron chi connectivity index (χ3n) is 12.9. The van der Waals surface area contributed by atoms with E-state index in [1.54, 1.807) is 51.4 Å². The number of aryl methyl sites for hydroxylation is 1. The van der Waals surface area contributed by atoms with Gasteiger partial charge >= 0.3 is 5.97 Å². The summed E-state index contributed by atoms with van der Waals surface area (Å²) in [5, 5.41) is 19.4. The Morgan fingerprint density at radius 3 is 2.54 bits per heavy atom. The van der Waals surface area contributed by atoms with Crippen LogP contribution in [0.15, 0.2) is 85.2 Å². The smallest absolute Gasteiger partial charge is 0.324 e. The van der Waals surface area contributed by atoms with Gasteiger partial charge < -0.3 is 39.6 Å². The van der Waals surface area contributed by atoms with Gasteiger partial charge in [0.1, 0.15) is 29.6 Å². The number of hydrogen-bond donors (Lipinski definition) is 4. The van der Waals surface area contributed by atoms with Gasteiger partial charge in [-0.3, -0.25) is 34.0 Å². The van der Waals surface area contributed by atoms with E-state index in [1.165, 1.54) is 35.3 Å². The van der Waals surface area contributed by atoms with Gasteiger partial charge in [-0.1, -0.05) is 45.9 Å². The lowest BCUT2D eigenvalue weighted by molar-refractivity contribution is -0.155. The zero-order valence-electron chi connectivity index (χ0n) is 42.2. The third kappa shape index (κ3) is 12.2. The van der Waals surface area contributed by atoms with Gasteiger partial charge in [0, 0.05) is 74.4 Å². The fraction of sp³-hybridized carbons (Fsp3) is 0.426. The Labute approximate surface area is 415 Å². The number of nitrogens with zero attached hydrogens (tertiary/aromatic N) is 6. The van der Waals surface area contributed by atoms with Gasteiger partial charge in [0.2, 0.25) is 11.8 Å². The van der Waals surface area contributed by atoms with Gasteiger partial charge in [-0.25, -0.2) is 10.4 Å². The maximum Gasteiger partial charge on any atom is 0.324 e. The van der Waals surface area contributed by atoms with Crippen LogP contribution < -0.4 is 16.1 Å². The maximum absolute atomic E-state index is 14.8. The highest BCUT2D eigenvalue weighted by Crippen LogP contribution is 2.41. The molecule has 6 bridgehead atoms. The molecule has 3 atom stereocenters. The lowest BCUT2D eigenvalue weighted by Crippen LogP contribution is -2.62. The Bertz CT molecular complexity index is 2800. The summed E-state index contributed by atoms with van der Waals surface area (Å²) in [6.45, 7) is 11.7. The van der Waals surface area contributed by atoms with Crippen LogP contribution >= 0.6 is 0 Å². The van der Waals surface area contributed by atoms with E-state index in [0.29, 0.717) is 55.8 Å². The summed E-state index contributed by atoms with van der Waals surface area (Å²) in [7, 11) is 6.94. The number of phenols is 1. The lowest BCUT2D eigenvalue weighted by Gasteiger charge is -2.36. The summed E-state index contributed by atoms with van der Waals surface area (Å²) in [6.07, 6.45) is 7.69. The third-order valence-corrected chi connectivity index (χ3v) is 12.9. The number of hydrazine groups is 1. The van der Waals surface area contributed by atoms with Crippen LogP contribution in [-0.4, -0.2) is 130 Å². The van der Waals surface area contributed by atoms with E-state index in [4.69, 9.17) is 14.5 Å². The number of cyclic esters (lactones) is 1. The van der Waals surface area contributed by atoms with Gasteiger partial charge in [0.05, 0.1) is 36.5 Å². The maximum atomic E-state index is 14.8. The van der Waals surface area contributed by atoms with Crippen LogP contribution in [0.25, 0.3) is 33.3 Å². The molecule has 4 N–H and O–H groups in total. The van der Waals surface area contributed by atoms with Crippen molar-refractivity contribution in [3.05, 3.63) is 108 Å². The number of anilines is 1. The molecule has 7 rings (SSSR count). The molecule has 0 unspecified atom stereocenters. The number of ether oxygens (including phenoxy) is 2. The number of nitrogens with one attached hydrogen (secondary N) is 3. The normalized spacial score (nSPS) is 17.8. The van der Waals surface area contributed by atoms with E-state index in [1.807, 2.05) is 37.2 Å². The van der Waals surface area contributed by atoms with Crippen molar-refractivity contribution in [3.63, 3.8) is 0 Å². The van der Waals surface area contributed by atoms with Crippen molar-refractivity contribution in [3.8, 4) is 28.1 Å². The number of esters is 1. The number of carbonyl (C=O) groups is 5. The van der Waals surface area contributed by atoms with Gasteiger partial charge in [-0.05, 0) is 117 Å². The fourth-order valence-corrected chi connectivity index (χ4v) is 9.56. The predicted molar refractivity (Wildman–Crippen MR) is 272 cm³/mol. The van der Waals surface area contributed by atoms with Crippen molar-refractivity contribution in [1.29, 1.82) is 0 Å². The molecule has 2 aliphatic rings. The van der Waals surface area contributed by atoms with Gasteiger partial charge in [0.25, 0.3) is 11.8 Å². The Balaban J connectivity index is 1.25. The van der Waals surface area contributed by atoms with Gasteiger partial charge in [0.15, 0.2) is 0 Å². The molecule has 2 aliphatic heterocycles. The van der Waals surface area contributed by atoms with Crippen LogP contribution in [0, 0.1) is 11.3 Å². The largest absolute Gasteiger partial charge is 0.508 e. The SMILES string of the molecule is CCn1c(-c2cccnc2COC)c2c3cc(ccc31)-c1cc(O)cc(c1)C[C@H](NC(=O)[C@H](C(C)C)N(C)C(=O)c1ccc(NC(=O)/C=C/CN(C)C)cn1)C(=O)N1CCC[C@H](N1)C(=O)OCC(C)(C)C2. The first kappa shape index (κ1) is 51.9. The second kappa shape index (κ2) is 22.4. The Hall–Kier alpha value is -6.95. The molecule has 0 spiro atoms. The Morgan fingerprint density at radius 2 is 1.83 bits per heavy atom. The monoisotopic (exact) mass is 970 g/mol. The van der Waals surface area contributed by atoms with Crippen LogP contribution in [0.1, 0.15) is 74.8 Å². The van der Waals surface area contributed by atoms with Gasteiger partial charge in [-0.2, -0.15) is 0 Å². The molecule has 3 aromatic heterocycles. The molecule has 71 heavy (non-hydrogen) atoms. The molecule has 17 nitrogen and oxygen atoms in total. The first-order valence-electron chi connectivity index (χ1n) is 24.2. The van der Waals surface area contributed by atoms with E-state index in [-0.39, 0.29) is 36.9 Å². The molecule has 2 aromatic carbocycles. The molecule has 5 aromatic rings. The fourth-order valence-electron chi connectivity index (χ4n) is 9.56. The molecule has 4 amide bonds. The minimum atomic E-state index is -1.20. The van der Waals surface area contributed by atoms with E-state index in [0.717, 1.165) is 39.0 Å². The first-order valence-corrected chi connectivity index (χ1v) is 24.2. The Morgan fingerprint density at radius 1 is 1.04 bits per heavy atom. The number of fused-ring (bicyclic) bond motifs is 6. The summed E-state index contributed by atoms with van der Waals surface area (Å²) in [5.74, 6) is -2.92. The molecule has 1 fully saturated rings. The molecular weight excluding hydrogens is 903 g/mol. The van der Waals surface area contributed by atoms with Crippen molar-refractivity contribution in [2.75, 3.05) is 53.3 Å². The number of carbonyl (C=O) groups excluding carboxylic acids is 5. The standard InChI is InChI=1S/C54H67N9O8/c1-10-62-46-20-17-35-28-40(46)41(49(62)39-14-11-21-55-45(39)31-70-9)29-54(4,5)32-71-53(69)43-15-12-23-63(59-43)52(68)44(26-34-24-36(35)27-38(64)25-34)58-50(66)48(33(2)3)61(8)51(67)42-19-18-37(30-56-42)57-47(65)16-13-22-60(6)7/h11,13-14,16-21,24-25,27-28,30,33,43-44,48,59,64H,10,12,15,22-23,26,29,31-32H2,1-9H3,(H,57,65)(H,58,66)/b16-13+/t43-,44-,48-/m0/s1. The zero-order valence-corrected chi connectivity index (χ0v) is 42.2. The van der Waals surface area contributed by atoms with E-state index in [2.05, 4.69) is 64.6 Å². The minimum Gasteiger partial charge on any atom is -0.508 e. The summed E-state index contributed by atoms with van der Waals surface area (Å²) >= 11 is 0. The van der Waals surface area contributed by atoms with Crippen LogP contribution in [0.3, 0.4) is 0 Å². The highest BCUT2D eigenvalue weighted by atomic mass is 16.5. The predicted octanol–water partition coefficient (Wildman–Crippen LogP) is 6.14. The van der Waals surface area contributed by atoms with Crippen molar-refractivity contribution in [2.45, 2.75) is 91.6 Å². The number of benzene rings is 2. The number of hydrogen-bond acceptors (Lipinski definition) is 12. The highest BCUT2D eigenvalue weighted by Gasteiger charge is 2.38. The average molecular weight is 970 g/mol. The molecular formula is C54H67N9O8. The number of aromatic nitrogens is 3. The number of aromatic hydroxyl groups is 1. The van der Waals surface area contributed by atoms with Gasteiger partial charge in [-0.15, -0.1) is 0 Å². The first-order chi connectivity index (χ1) is 33.9. The van der Waals surface area contributed by atoms with Crippen molar-refractivity contribution in [1.82, 2.24) is 40.1 Å². The molecule has 0 aliphatic carbocycles. The lowest BCUT2D eigenvalue weighted by atomic mass is 9.84. The van der Waals surface area contributed by atoms with Crippen LogP contribution in [0.5, 0.6) is 5.75 Å². The van der Waals surface area contributed by atoms with Crippen molar-refractivity contribution >= 4 is 46.2 Å². The summed E-state index contributed by atoms with van der Waals surface area (Å²) < 4.78 is 14.0. The molecule has 0 saturated carbocycles. The number of phenolic OH excluding ortho intramolecular Hbond substituents is 1. The average Bonchev–Trinajstić information content (AvgIpc) is 3.63. The van der Waals surface area contributed by atoms with Crippen molar-refractivity contribution < 1.29 is 38.6 Å². The summed E-state index contributed by atoms with van der Waals surface area (Å²) in [4.78, 5) is 81.9. The molecule has 376 valence electrons. The molecule has 5 heterocycles. The quantitative estimate of drug-likeness (QED) is 0.0778. The number of amides is 4. The second-order valence-electron chi connectivity index (χ2n) is 19.8.